The molecule has 0 spiro atoms. The highest BCUT2D eigenvalue weighted by Crippen LogP contribution is 2.34. The zero-order valence-corrected chi connectivity index (χ0v) is 14.9. The van der Waals surface area contributed by atoms with Gasteiger partial charge in [-0.1, -0.05) is 0 Å². The number of nitrogens with one attached hydrogen (secondary N) is 1. The van der Waals surface area contributed by atoms with Gasteiger partial charge in [0.15, 0.2) is 0 Å². The predicted octanol–water partition coefficient (Wildman–Crippen LogP) is 3.05. The summed E-state index contributed by atoms with van der Waals surface area (Å²) in [6.45, 7) is 2.58. The molecule has 0 saturated carbocycles. The molecule has 2 aliphatic rings. The van der Waals surface area contributed by atoms with Gasteiger partial charge in [0.1, 0.15) is 10.6 Å². The lowest BCUT2D eigenvalue weighted by Crippen LogP contribution is -2.48. The molecule has 1 aromatic carbocycles. The summed E-state index contributed by atoms with van der Waals surface area (Å²) in [6, 6.07) is 7.29. The Hall–Kier alpha value is -1.66. The number of benzene rings is 1. The summed E-state index contributed by atoms with van der Waals surface area (Å²) in [7, 11) is 2.22. The van der Waals surface area contributed by atoms with E-state index in [9.17, 15) is 4.79 Å². The smallest absolute Gasteiger partial charge is 0.263 e. The molecular weight excluding hydrogens is 322 g/mol. The van der Waals surface area contributed by atoms with E-state index in [-0.39, 0.29) is 11.9 Å². The van der Waals surface area contributed by atoms with Gasteiger partial charge in [0, 0.05) is 29.6 Å². The summed E-state index contributed by atoms with van der Waals surface area (Å²) < 4.78 is 9.93. The molecule has 2 aromatic rings. The first-order chi connectivity index (χ1) is 11.7. The monoisotopic (exact) mass is 345 g/mol. The molecule has 24 heavy (non-hydrogen) atoms. The Balaban J connectivity index is 1.49. The number of aromatic nitrogens is 1. The minimum absolute atomic E-state index is 0.0145. The fraction of sp³-hybridized carbons (Fsp3) is 0.556. The van der Waals surface area contributed by atoms with Crippen LogP contribution in [0.3, 0.4) is 0 Å². The van der Waals surface area contributed by atoms with E-state index in [1.54, 1.807) is 0 Å². The Kier molecular flexibility index (Phi) is 4.18. The zero-order chi connectivity index (χ0) is 16.7. The van der Waals surface area contributed by atoms with Crippen LogP contribution in [0.15, 0.2) is 18.2 Å². The topological polar surface area (TPSA) is 54.5 Å². The number of hydrogen-bond donors (Lipinski definition) is 1. The van der Waals surface area contributed by atoms with Gasteiger partial charge in [-0.15, -0.1) is 0 Å². The number of fused-ring (bicyclic) bond motifs is 3. The van der Waals surface area contributed by atoms with Crippen LogP contribution in [0.2, 0.25) is 0 Å². The summed E-state index contributed by atoms with van der Waals surface area (Å²) >= 11 is 1.28. The largest absolute Gasteiger partial charge is 0.494 e. The molecule has 2 atom stereocenters. The minimum Gasteiger partial charge on any atom is -0.494 e. The van der Waals surface area contributed by atoms with Gasteiger partial charge in [0.05, 0.1) is 12.1 Å². The van der Waals surface area contributed by atoms with E-state index in [0.717, 1.165) is 29.5 Å². The van der Waals surface area contributed by atoms with Crippen LogP contribution in [0.4, 0.5) is 0 Å². The molecule has 4 rings (SSSR count). The molecule has 2 unspecified atom stereocenters. The van der Waals surface area contributed by atoms with Crippen LogP contribution < -0.4 is 10.1 Å². The van der Waals surface area contributed by atoms with Crippen molar-refractivity contribution < 1.29 is 9.53 Å². The van der Waals surface area contributed by atoms with Crippen LogP contribution in [0.25, 0.3) is 10.9 Å². The number of carbonyl (C=O) groups excluding carboxylic acids is 1. The molecular formula is C18H23N3O2S. The van der Waals surface area contributed by atoms with Crippen LogP contribution in [-0.2, 0) is 0 Å². The van der Waals surface area contributed by atoms with Crippen molar-refractivity contribution in [1.29, 1.82) is 0 Å². The molecule has 2 saturated heterocycles. The number of hydrogen-bond acceptors (Lipinski definition) is 5. The molecule has 2 fully saturated rings. The van der Waals surface area contributed by atoms with Crippen molar-refractivity contribution in [1.82, 2.24) is 14.6 Å². The van der Waals surface area contributed by atoms with Gasteiger partial charge >= 0.3 is 0 Å². The molecule has 2 aliphatic heterocycles. The number of nitrogens with zero attached hydrogens (tertiary/aromatic N) is 2. The number of piperidine rings is 1. The molecule has 128 valence electrons. The Labute approximate surface area is 146 Å². The Morgan fingerprint density at radius 2 is 2.12 bits per heavy atom. The summed E-state index contributed by atoms with van der Waals surface area (Å²) in [5.74, 6) is 0.815. The number of rotatable bonds is 4. The van der Waals surface area contributed by atoms with E-state index < -0.39 is 0 Å². The normalized spacial score (nSPS) is 26.7. The van der Waals surface area contributed by atoms with E-state index in [1.165, 1.54) is 24.4 Å². The lowest BCUT2D eigenvalue weighted by Gasteiger charge is -2.36. The van der Waals surface area contributed by atoms with Crippen molar-refractivity contribution in [2.75, 3.05) is 13.7 Å². The molecule has 3 heterocycles. The van der Waals surface area contributed by atoms with Crippen molar-refractivity contribution in [2.45, 2.75) is 50.7 Å². The SMILES string of the molecule is CCOc1ccc2c(C(=O)NC3CC4CCC(C3)N4C)snc2c1. The van der Waals surface area contributed by atoms with Gasteiger partial charge in [-0.2, -0.15) is 4.37 Å². The molecule has 2 bridgehead atoms. The molecule has 0 aliphatic carbocycles. The highest BCUT2D eigenvalue weighted by Gasteiger charge is 2.39. The Morgan fingerprint density at radius 1 is 1.38 bits per heavy atom. The molecule has 1 amide bonds. The van der Waals surface area contributed by atoms with Crippen LogP contribution >= 0.6 is 11.5 Å². The summed E-state index contributed by atoms with van der Waals surface area (Å²) in [6.07, 6.45) is 4.64. The third kappa shape index (κ3) is 2.78. The third-order valence-corrected chi connectivity index (χ3v) is 6.28. The number of amides is 1. The summed E-state index contributed by atoms with van der Waals surface area (Å²) in [5.41, 5.74) is 0.833. The lowest BCUT2D eigenvalue weighted by molar-refractivity contribution is 0.0888. The molecule has 1 aromatic heterocycles. The molecule has 5 nitrogen and oxygen atoms in total. The van der Waals surface area contributed by atoms with Gasteiger partial charge in [-0.05, 0) is 63.3 Å². The molecule has 1 N–H and O–H groups in total. The van der Waals surface area contributed by atoms with Gasteiger partial charge in [0.2, 0.25) is 0 Å². The fourth-order valence-corrected chi connectivity index (χ4v) is 4.88. The maximum absolute atomic E-state index is 12.7. The van der Waals surface area contributed by atoms with Crippen molar-refractivity contribution in [3.63, 3.8) is 0 Å². The van der Waals surface area contributed by atoms with Gasteiger partial charge in [0.25, 0.3) is 5.91 Å². The molecule has 0 radical (unpaired) electrons. The first-order valence-corrected chi connectivity index (χ1v) is 9.48. The zero-order valence-electron chi connectivity index (χ0n) is 14.1. The van der Waals surface area contributed by atoms with Crippen LogP contribution in [-0.4, -0.2) is 47.0 Å². The van der Waals surface area contributed by atoms with E-state index in [4.69, 9.17) is 4.74 Å². The van der Waals surface area contributed by atoms with Crippen molar-refractivity contribution in [2.24, 2.45) is 0 Å². The van der Waals surface area contributed by atoms with Gasteiger partial charge in [-0.3, -0.25) is 4.79 Å². The maximum Gasteiger partial charge on any atom is 0.263 e. The van der Waals surface area contributed by atoms with Crippen LogP contribution in [0, 0.1) is 0 Å². The first-order valence-electron chi connectivity index (χ1n) is 8.70. The van der Waals surface area contributed by atoms with Gasteiger partial charge in [-0.25, -0.2) is 0 Å². The van der Waals surface area contributed by atoms with E-state index in [0.29, 0.717) is 23.6 Å². The van der Waals surface area contributed by atoms with Crippen molar-refractivity contribution >= 4 is 28.3 Å². The summed E-state index contributed by atoms with van der Waals surface area (Å²) in [5, 5.41) is 4.16. The van der Waals surface area contributed by atoms with Crippen LogP contribution in [0.5, 0.6) is 5.75 Å². The second kappa shape index (κ2) is 6.33. The highest BCUT2D eigenvalue weighted by molar-refractivity contribution is 7.09. The fourth-order valence-electron chi connectivity index (χ4n) is 4.12. The number of carbonyl (C=O) groups is 1. The van der Waals surface area contributed by atoms with E-state index >= 15 is 0 Å². The lowest BCUT2D eigenvalue weighted by atomic mass is 9.98. The maximum atomic E-state index is 12.7. The average Bonchev–Trinajstić information content (AvgIpc) is 3.05. The number of ether oxygens (including phenoxy) is 1. The highest BCUT2D eigenvalue weighted by atomic mass is 32.1. The minimum atomic E-state index is 0.0145. The second-order valence-electron chi connectivity index (χ2n) is 6.82. The standard InChI is InChI=1S/C18H23N3O2S/c1-3-23-14-6-7-15-16(10-14)20-24-17(15)18(22)19-11-8-12-4-5-13(9-11)21(12)2/h6-7,10-13H,3-5,8-9H2,1-2H3,(H,19,22). The second-order valence-corrected chi connectivity index (χ2v) is 7.59. The van der Waals surface area contributed by atoms with Gasteiger partial charge < -0.3 is 15.0 Å². The third-order valence-electron chi connectivity index (χ3n) is 5.40. The Morgan fingerprint density at radius 3 is 2.83 bits per heavy atom. The van der Waals surface area contributed by atoms with Crippen molar-refractivity contribution in [3.05, 3.63) is 23.1 Å². The summed E-state index contributed by atoms with van der Waals surface area (Å²) in [4.78, 5) is 15.9. The molecule has 6 heteroatoms. The predicted molar refractivity (Wildman–Crippen MR) is 95.9 cm³/mol. The van der Waals surface area contributed by atoms with E-state index in [2.05, 4.69) is 21.6 Å². The van der Waals surface area contributed by atoms with Crippen LogP contribution in [0.1, 0.15) is 42.3 Å². The average molecular weight is 345 g/mol. The first kappa shape index (κ1) is 15.8. The quantitative estimate of drug-likeness (QED) is 0.925. The Bertz CT molecular complexity index is 746. The van der Waals surface area contributed by atoms with Crippen molar-refractivity contribution in [3.8, 4) is 5.75 Å². The van der Waals surface area contributed by atoms with E-state index in [1.807, 2.05) is 25.1 Å².